The normalized spacial score (nSPS) is 21.3. The summed E-state index contributed by atoms with van der Waals surface area (Å²) in [6.07, 6.45) is 8.22. The van der Waals surface area contributed by atoms with Crippen molar-refractivity contribution in [3.63, 3.8) is 0 Å². The van der Waals surface area contributed by atoms with Crippen molar-refractivity contribution >= 4 is 11.8 Å². The average molecular weight is 174 g/mol. The van der Waals surface area contributed by atoms with Crippen molar-refractivity contribution in [1.82, 2.24) is 0 Å². The predicted octanol–water partition coefficient (Wildman–Crippen LogP) is 2.29. The fourth-order valence-corrected chi connectivity index (χ4v) is 1.99. The Balaban J connectivity index is 1.95. The molecule has 0 aliphatic heterocycles. The van der Waals surface area contributed by atoms with Gasteiger partial charge in [-0.3, -0.25) is 0 Å². The molecular weight excluding hydrogens is 156 g/mol. The van der Waals surface area contributed by atoms with Crippen molar-refractivity contribution in [3.8, 4) is 0 Å². The highest BCUT2D eigenvalue weighted by Crippen LogP contribution is 2.31. The van der Waals surface area contributed by atoms with E-state index in [-0.39, 0.29) is 6.10 Å². The monoisotopic (exact) mass is 174 g/mol. The molecule has 1 atom stereocenters. The molecule has 0 aromatic rings. The highest BCUT2D eigenvalue weighted by atomic mass is 32.2. The molecular formula is C9H18OS. The van der Waals surface area contributed by atoms with E-state index < -0.39 is 0 Å². The summed E-state index contributed by atoms with van der Waals surface area (Å²) in [6.45, 7) is 0. The zero-order valence-electron chi connectivity index (χ0n) is 7.25. The van der Waals surface area contributed by atoms with Crippen LogP contribution >= 0.6 is 11.8 Å². The molecule has 1 fully saturated rings. The minimum Gasteiger partial charge on any atom is -0.393 e. The summed E-state index contributed by atoms with van der Waals surface area (Å²) in [7, 11) is 0. The maximum Gasteiger partial charge on any atom is 0.0550 e. The van der Waals surface area contributed by atoms with Gasteiger partial charge in [0.1, 0.15) is 0 Å². The van der Waals surface area contributed by atoms with Gasteiger partial charge in [-0.1, -0.05) is 19.3 Å². The third kappa shape index (κ3) is 3.48. The number of rotatable bonds is 5. The Morgan fingerprint density at radius 3 is 2.73 bits per heavy atom. The van der Waals surface area contributed by atoms with Crippen LogP contribution in [0, 0.1) is 5.92 Å². The van der Waals surface area contributed by atoms with Gasteiger partial charge in [0.2, 0.25) is 0 Å². The van der Waals surface area contributed by atoms with Crippen LogP contribution in [0.5, 0.6) is 0 Å². The fourth-order valence-electron chi connectivity index (χ4n) is 1.49. The van der Waals surface area contributed by atoms with Crippen LogP contribution in [-0.4, -0.2) is 23.2 Å². The molecule has 0 aromatic carbocycles. The molecule has 11 heavy (non-hydrogen) atoms. The zero-order valence-corrected chi connectivity index (χ0v) is 8.07. The Morgan fingerprint density at radius 2 is 2.27 bits per heavy atom. The Morgan fingerprint density at radius 1 is 1.55 bits per heavy atom. The Labute approximate surface area is 73.6 Å². The van der Waals surface area contributed by atoms with Gasteiger partial charge in [0.15, 0.2) is 0 Å². The predicted molar refractivity (Wildman–Crippen MR) is 51.0 cm³/mol. The lowest BCUT2D eigenvalue weighted by Crippen LogP contribution is -2.19. The lowest BCUT2D eigenvalue weighted by Gasteiger charge is -2.27. The molecule has 0 aromatic heterocycles. The molecule has 0 heterocycles. The van der Waals surface area contributed by atoms with Crippen LogP contribution in [0.3, 0.4) is 0 Å². The van der Waals surface area contributed by atoms with E-state index >= 15 is 0 Å². The average Bonchev–Trinajstić information content (AvgIpc) is 1.93. The lowest BCUT2D eigenvalue weighted by molar-refractivity contribution is 0.115. The molecule has 2 heteroatoms. The van der Waals surface area contributed by atoms with Crippen LogP contribution < -0.4 is 0 Å². The van der Waals surface area contributed by atoms with E-state index in [0.717, 1.165) is 24.5 Å². The van der Waals surface area contributed by atoms with Crippen LogP contribution in [0.1, 0.15) is 32.1 Å². The third-order valence-corrected chi connectivity index (χ3v) is 3.13. The standard InChI is InChI=1S/C9H18OS/c1-11-6-5-9(10)7-8-3-2-4-8/h8-10H,2-7H2,1H3. The molecule has 0 spiro atoms. The first-order valence-electron chi connectivity index (χ1n) is 4.50. The maximum atomic E-state index is 9.50. The van der Waals surface area contributed by atoms with E-state index in [9.17, 15) is 5.11 Å². The second kappa shape index (κ2) is 5.04. The van der Waals surface area contributed by atoms with E-state index in [1.165, 1.54) is 19.3 Å². The molecule has 1 unspecified atom stereocenters. The zero-order chi connectivity index (χ0) is 8.10. The van der Waals surface area contributed by atoms with Crippen LogP contribution in [0.2, 0.25) is 0 Å². The van der Waals surface area contributed by atoms with Crippen LogP contribution in [0.25, 0.3) is 0 Å². The fraction of sp³-hybridized carbons (Fsp3) is 1.00. The summed E-state index contributed by atoms with van der Waals surface area (Å²) in [5, 5.41) is 9.50. The molecule has 0 bridgehead atoms. The first-order chi connectivity index (χ1) is 5.33. The van der Waals surface area contributed by atoms with Crippen LogP contribution in [0.15, 0.2) is 0 Å². The van der Waals surface area contributed by atoms with Crippen molar-refractivity contribution in [2.45, 2.75) is 38.2 Å². The van der Waals surface area contributed by atoms with E-state index in [1.54, 1.807) is 0 Å². The number of thioether (sulfide) groups is 1. The summed E-state index contributed by atoms with van der Waals surface area (Å²) in [4.78, 5) is 0. The Hall–Kier alpha value is 0.310. The third-order valence-electron chi connectivity index (χ3n) is 2.49. The van der Waals surface area contributed by atoms with Gasteiger partial charge in [0, 0.05) is 0 Å². The molecule has 0 amide bonds. The van der Waals surface area contributed by atoms with Crippen molar-refractivity contribution in [2.75, 3.05) is 12.0 Å². The summed E-state index contributed by atoms with van der Waals surface area (Å²) >= 11 is 1.82. The molecule has 66 valence electrons. The Bertz CT molecular complexity index is 102. The van der Waals surface area contributed by atoms with E-state index in [1.807, 2.05) is 11.8 Å². The van der Waals surface area contributed by atoms with Crippen LogP contribution in [0.4, 0.5) is 0 Å². The highest BCUT2D eigenvalue weighted by molar-refractivity contribution is 7.98. The molecule has 1 saturated carbocycles. The van der Waals surface area contributed by atoms with Crippen molar-refractivity contribution < 1.29 is 5.11 Å². The summed E-state index contributed by atoms with van der Waals surface area (Å²) < 4.78 is 0. The number of aliphatic hydroxyl groups excluding tert-OH is 1. The summed E-state index contributed by atoms with van der Waals surface area (Å²) in [5.41, 5.74) is 0. The molecule has 1 aliphatic rings. The highest BCUT2D eigenvalue weighted by Gasteiger charge is 2.20. The van der Waals surface area contributed by atoms with E-state index in [0.29, 0.717) is 0 Å². The van der Waals surface area contributed by atoms with Gasteiger partial charge in [0.25, 0.3) is 0 Å². The molecule has 1 rings (SSSR count). The van der Waals surface area contributed by atoms with Gasteiger partial charge in [-0.05, 0) is 30.8 Å². The van der Waals surface area contributed by atoms with Gasteiger partial charge >= 0.3 is 0 Å². The van der Waals surface area contributed by atoms with E-state index in [4.69, 9.17) is 0 Å². The van der Waals surface area contributed by atoms with Crippen molar-refractivity contribution in [3.05, 3.63) is 0 Å². The quantitative estimate of drug-likeness (QED) is 0.690. The van der Waals surface area contributed by atoms with Gasteiger partial charge in [-0.25, -0.2) is 0 Å². The minimum atomic E-state index is -0.0206. The molecule has 1 nitrogen and oxygen atoms in total. The molecule has 0 radical (unpaired) electrons. The number of hydrogen-bond donors (Lipinski definition) is 1. The first-order valence-corrected chi connectivity index (χ1v) is 5.89. The Kier molecular flexibility index (Phi) is 4.31. The van der Waals surface area contributed by atoms with Gasteiger partial charge in [-0.15, -0.1) is 0 Å². The minimum absolute atomic E-state index is 0.0206. The summed E-state index contributed by atoms with van der Waals surface area (Å²) in [5.74, 6) is 1.96. The molecule has 1 N–H and O–H groups in total. The number of hydrogen-bond acceptors (Lipinski definition) is 2. The second-order valence-corrected chi connectivity index (χ2v) is 4.45. The first kappa shape index (κ1) is 9.40. The molecule has 0 saturated heterocycles. The summed E-state index contributed by atoms with van der Waals surface area (Å²) in [6, 6.07) is 0. The molecule has 1 aliphatic carbocycles. The number of aliphatic hydroxyl groups is 1. The van der Waals surface area contributed by atoms with E-state index in [2.05, 4.69) is 6.26 Å². The topological polar surface area (TPSA) is 20.2 Å². The van der Waals surface area contributed by atoms with Crippen molar-refractivity contribution in [1.29, 1.82) is 0 Å². The SMILES string of the molecule is CSCCC(O)CC1CCC1. The second-order valence-electron chi connectivity index (χ2n) is 3.47. The van der Waals surface area contributed by atoms with Gasteiger partial charge in [-0.2, -0.15) is 11.8 Å². The maximum absolute atomic E-state index is 9.50. The van der Waals surface area contributed by atoms with Gasteiger partial charge in [0.05, 0.1) is 6.10 Å². The lowest BCUT2D eigenvalue weighted by atomic mass is 9.81. The smallest absolute Gasteiger partial charge is 0.0550 e. The van der Waals surface area contributed by atoms with Gasteiger partial charge < -0.3 is 5.11 Å². The largest absolute Gasteiger partial charge is 0.393 e. The van der Waals surface area contributed by atoms with Crippen molar-refractivity contribution in [2.24, 2.45) is 5.92 Å². The van der Waals surface area contributed by atoms with Crippen LogP contribution in [-0.2, 0) is 0 Å².